The molecule has 27 heavy (non-hydrogen) atoms. The fourth-order valence-electron chi connectivity index (χ4n) is 3.13. The Hall–Kier alpha value is -2.41. The van der Waals surface area contributed by atoms with Gasteiger partial charge in [0.1, 0.15) is 5.76 Å². The van der Waals surface area contributed by atoms with Crippen LogP contribution < -0.4 is 0 Å². The Morgan fingerprint density at radius 1 is 1.22 bits per heavy atom. The van der Waals surface area contributed by atoms with Crippen molar-refractivity contribution in [2.75, 3.05) is 19.7 Å². The number of nitrogens with zero attached hydrogens (tertiary/aromatic N) is 1. The zero-order chi connectivity index (χ0) is 19.2. The molecule has 1 fully saturated rings. The van der Waals surface area contributed by atoms with Crippen molar-refractivity contribution >= 4 is 22.7 Å². The second-order valence-electron chi connectivity index (χ2n) is 6.41. The van der Waals surface area contributed by atoms with E-state index in [9.17, 15) is 13.8 Å². The molecule has 1 aromatic carbocycles. The summed E-state index contributed by atoms with van der Waals surface area (Å²) < 4.78 is 23.1. The molecule has 6 nitrogen and oxygen atoms in total. The van der Waals surface area contributed by atoms with E-state index in [1.807, 2.05) is 18.2 Å². The van der Waals surface area contributed by atoms with Crippen LogP contribution in [-0.4, -0.2) is 40.7 Å². The lowest BCUT2D eigenvalue weighted by Crippen LogP contribution is -2.42. The van der Waals surface area contributed by atoms with E-state index < -0.39 is 10.8 Å². The van der Waals surface area contributed by atoms with Gasteiger partial charge in [-0.3, -0.25) is 13.8 Å². The summed E-state index contributed by atoms with van der Waals surface area (Å²) in [5.41, 5.74) is 0. The molecule has 0 spiro atoms. The number of furan rings is 1. The van der Waals surface area contributed by atoms with E-state index in [1.54, 1.807) is 36.1 Å². The summed E-state index contributed by atoms with van der Waals surface area (Å²) >= 11 is 0. The third kappa shape index (κ3) is 4.86. The van der Waals surface area contributed by atoms with Crippen LogP contribution in [0, 0.1) is 5.92 Å². The first kappa shape index (κ1) is 19.4. The molecule has 1 aromatic heterocycles. The smallest absolute Gasteiger partial charge is 0.310 e. The van der Waals surface area contributed by atoms with Crippen LogP contribution in [0.5, 0.6) is 0 Å². The molecule has 0 aliphatic carbocycles. The number of likely N-dealkylation sites (tertiary alicyclic amines) is 1. The molecule has 1 aliphatic heterocycles. The van der Waals surface area contributed by atoms with Crippen molar-refractivity contribution in [2.45, 2.75) is 30.4 Å². The summed E-state index contributed by atoms with van der Waals surface area (Å²) in [6.07, 6.45) is 1.48. The van der Waals surface area contributed by atoms with E-state index >= 15 is 0 Å². The predicted octanol–water partition coefficient (Wildman–Crippen LogP) is 3.00. The lowest BCUT2D eigenvalue weighted by Gasteiger charge is -2.30. The standard InChI is InChI=1S/C20H23NO5S/c1-2-25-20(23)15-7-6-12-21(13-15)19(22)18-11-10-16(26-18)14-27(24)17-8-4-3-5-9-17/h3-5,8-11,15H,2,6-7,12-14H2,1H3/t15-,27-/m1/s1. The number of carbonyl (C=O) groups excluding carboxylic acids is 2. The summed E-state index contributed by atoms with van der Waals surface area (Å²) in [6, 6.07) is 12.4. The van der Waals surface area contributed by atoms with Gasteiger partial charge >= 0.3 is 5.97 Å². The van der Waals surface area contributed by atoms with Gasteiger partial charge in [-0.15, -0.1) is 0 Å². The van der Waals surface area contributed by atoms with E-state index in [4.69, 9.17) is 9.15 Å². The molecular weight excluding hydrogens is 366 g/mol. The molecule has 0 bridgehead atoms. The second kappa shape index (κ2) is 8.99. The SMILES string of the molecule is CCOC(=O)[C@@H]1CCCN(C(=O)c2ccc(C[S@@](=O)c3ccccc3)o2)C1. The minimum Gasteiger partial charge on any atom is -0.466 e. The van der Waals surface area contributed by atoms with Crippen LogP contribution in [-0.2, 0) is 26.1 Å². The van der Waals surface area contributed by atoms with E-state index in [2.05, 4.69) is 0 Å². The topological polar surface area (TPSA) is 76.8 Å². The van der Waals surface area contributed by atoms with Crippen LogP contribution >= 0.6 is 0 Å². The average Bonchev–Trinajstić information content (AvgIpc) is 3.16. The van der Waals surface area contributed by atoms with E-state index in [0.717, 1.165) is 17.7 Å². The lowest BCUT2D eigenvalue weighted by atomic mass is 9.98. The van der Waals surface area contributed by atoms with Gasteiger partial charge in [0.2, 0.25) is 0 Å². The Balaban J connectivity index is 1.62. The van der Waals surface area contributed by atoms with Crippen LogP contribution in [0.1, 0.15) is 36.1 Å². The molecule has 3 rings (SSSR count). The molecular formula is C20H23NO5S. The fourth-order valence-corrected chi connectivity index (χ4v) is 4.17. The summed E-state index contributed by atoms with van der Waals surface area (Å²) in [4.78, 5) is 27.0. The number of esters is 1. The van der Waals surface area contributed by atoms with Crippen molar-refractivity contribution in [3.05, 3.63) is 54.0 Å². The minimum absolute atomic E-state index is 0.208. The molecule has 2 aromatic rings. The van der Waals surface area contributed by atoms with Gasteiger partial charge in [-0.1, -0.05) is 18.2 Å². The first-order chi connectivity index (χ1) is 13.1. The Bertz CT molecular complexity index is 817. The highest BCUT2D eigenvalue weighted by molar-refractivity contribution is 7.84. The van der Waals surface area contributed by atoms with Gasteiger partial charge in [0.15, 0.2) is 5.76 Å². The normalized spacial score (nSPS) is 18.1. The third-order valence-corrected chi connectivity index (χ3v) is 5.83. The lowest BCUT2D eigenvalue weighted by molar-refractivity contribution is -0.149. The predicted molar refractivity (Wildman–Crippen MR) is 101 cm³/mol. The highest BCUT2D eigenvalue weighted by atomic mass is 32.2. The van der Waals surface area contributed by atoms with Gasteiger partial charge < -0.3 is 14.1 Å². The number of carbonyl (C=O) groups is 2. The number of amides is 1. The van der Waals surface area contributed by atoms with E-state index in [1.165, 1.54) is 0 Å². The number of benzene rings is 1. The average molecular weight is 389 g/mol. The zero-order valence-corrected chi connectivity index (χ0v) is 16.1. The third-order valence-electron chi connectivity index (χ3n) is 4.48. The molecule has 7 heteroatoms. The first-order valence-electron chi connectivity index (χ1n) is 9.06. The van der Waals surface area contributed by atoms with Crippen LogP contribution in [0.4, 0.5) is 0 Å². The molecule has 1 aliphatic rings. The maximum atomic E-state index is 12.7. The Morgan fingerprint density at radius 2 is 2.00 bits per heavy atom. The van der Waals surface area contributed by atoms with Crippen LogP contribution in [0.2, 0.25) is 0 Å². The summed E-state index contributed by atoms with van der Waals surface area (Å²) in [5, 5.41) is 0. The molecule has 0 radical (unpaired) electrons. The highest BCUT2D eigenvalue weighted by Gasteiger charge is 2.31. The van der Waals surface area contributed by atoms with Crippen molar-refractivity contribution in [3.63, 3.8) is 0 Å². The number of rotatable bonds is 6. The van der Waals surface area contributed by atoms with Crippen molar-refractivity contribution in [3.8, 4) is 0 Å². The highest BCUT2D eigenvalue weighted by Crippen LogP contribution is 2.21. The van der Waals surface area contributed by atoms with Crippen molar-refractivity contribution < 1.29 is 23.0 Å². The zero-order valence-electron chi connectivity index (χ0n) is 15.3. The minimum atomic E-state index is -1.23. The Labute approximate surface area is 160 Å². The molecule has 0 unspecified atom stereocenters. The molecule has 2 atom stereocenters. The van der Waals surface area contributed by atoms with E-state index in [-0.39, 0.29) is 29.3 Å². The van der Waals surface area contributed by atoms with Gasteiger partial charge in [0.25, 0.3) is 5.91 Å². The van der Waals surface area contributed by atoms with Crippen molar-refractivity contribution in [1.29, 1.82) is 0 Å². The summed E-state index contributed by atoms with van der Waals surface area (Å²) in [6.45, 7) is 3.03. The van der Waals surface area contributed by atoms with E-state index in [0.29, 0.717) is 25.5 Å². The van der Waals surface area contributed by atoms with Gasteiger partial charge in [-0.2, -0.15) is 0 Å². The quantitative estimate of drug-likeness (QED) is 0.710. The summed E-state index contributed by atoms with van der Waals surface area (Å²) in [7, 11) is -1.23. The molecule has 1 saturated heterocycles. The van der Waals surface area contributed by atoms with Crippen LogP contribution in [0.3, 0.4) is 0 Å². The molecule has 2 heterocycles. The molecule has 1 amide bonds. The number of piperidine rings is 1. The maximum Gasteiger partial charge on any atom is 0.310 e. The number of hydrogen-bond acceptors (Lipinski definition) is 5. The second-order valence-corrected chi connectivity index (χ2v) is 7.86. The fraction of sp³-hybridized carbons (Fsp3) is 0.400. The first-order valence-corrected chi connectivity index (χ1v) is 10.4. The van der Waals surface area contributed by atoms with Gasteiger partial charge in [-0.25, -0.2) is 0 Å². The Kier molecular flexibility index (Phi) is 6.45. The maximum absolute atomic E-state index is 12.7. The van der Waals surface area contributed by atoms with Crippen LogP contribution in [0.15, 0.2) is 51.8 Å². The molecule has 144 valence electrons. The van der Waals surface area contributed by atoms with Gasteiger partial charge in [0, 0.05) is 18.0 Å². The monoisotopic (exact) mass is 389 g/mol. The van der Waals surface area contributed by atoms with Crippen molar-refractivity contribution in [2.24, 2.45) is 5.92 Å². The largest absolute Gasteiger partial charge is 0.466 e. The van der Waals surface area contributed by atoms with Crippen molar-refractivity contribution in [1.82, 2.24) is 4.90 Å². The van der Waals surface area contributed by atoms with Gasteiger partial charge in [-0.05, 0) is 44.0 Å². The van der Waals surface area contributed by atoms with Gasteiger partial charge in [0.05, 0.1) is 29.1 Å². The van der Waals surface area contributed by atoms with Crippen LogP contribution in [0.25, 0.3) is 0 Å². The summed E-state index contributed by atoms with van der Waals surface area (Å²) in [5.74, 6) is 0.124. The Morgan fingerprint density at radius 3 is 2.74 bits per heavy atom. The number of hydrogen-bond donors (Lipinski definition) is 0. The molecule has 0 N–H and O–H groups in total. The number of ether oxygens (including phenoxy) is 1. The molecule has 0 saturated carbocycles.